The number of nitrogens with zero attached hydrogens (tertiary/aromatic N) is 3. The summed E-state index contributed by atoms with van der Waals surface area (Å²) in [5.41, 5.74) is 1.86. The van der Waals surface area contributed by atoms with Crippen molar-refractivity contribution >= 4 is 56.4 Å². The van der Waals surface area contributed by atoms with Crippen molar-refractivity contribution in [3.05, 3.63) is 74.6 Å². The molecule has 11 heteroatoms. The number of aromatic nitrogens is 3. The zero-order chi connectivity index (χ0) is 24.2. The van der Waals surface area contributed by atoms with Crippen LogP contribution in [0.15, 0.2) is 53.5 Å². The number of amides is 1. The second-order valence-electron chi connectivity index (χ2n) is 7.60. The minimum Gasteiger partial charge on any atom is -0.395 e. The first-order valence-corrected chi connectivity index (χ1v) is 11.6. The van der Waals surface area contributed by atoms with E-state index in [9.17, 15) is 19.8 Å². The summed E-state index contributed by atoms with van der Waals surface area (Å²) in [5.74, 6) is -1.44. The van der Waals surface area contributed by atoms with Gasteiger partial charge in [0.15, 0.2) is 0 Å². The Hall–Kier alpha value is -3.31. The van der Waals surface area contributed by atoms with Crippen molar-refractivity contribution in [3.8, 4) is 0 Å². The van der Waals surface area contributed by atoms with Crippen LogP contribution >= 0.6 is 22.9 Å². The number of hydrogen-bond donors (Lipinski definition) is 4. The van der Waals surface area contributed by atoms with Gasteiger partial charge in [-0.3, -0.25) is 14.2 Å². The quantitative estimate of drug-likeness (QED) is 0.293. The topological polar surface area (TPSA) is 129 Å². The molecule has 34 heavy (non-hydrogen) atoms. The largest absolute Gasteiger partial charge is 0.395 e. The molecule has 0 radical (unpaired) electrons. The first-order valence-electron chi connectivity index (χ1n) is 10.4. The number of thiazole rings is 1. The van der Waals surface area contributed by atoms with Gasteiger partial charge in [0, 0.05) is 10.7 Å². The molecule has 0 saturated carbocycles. The molecule has 0 bridgehead atoms. The Morgan fingerprint density at radius 3 is 2.62 bits per heavy atom. The molecule has 0 spiro atoms. The number of aryl methyl sites for hydroxylation is 1. The summed E-state index contributed by atoms with van der Waals surface area (Å²) in [7, 11) is 0. The standard InChI is InChI=1S/C23H22ClN5O4S/c1-13-26-18-7-6-17(8-20(18)34-13)27-23-25-9-19(28-21(32)15(11-30)12-31)22(33)29(23)10-14-2-4-16(24)5-3-14/h2-9,15,30-31H,10-12H2,1H3,(H,25,27)(H,28,32). The molecule has 176 valence electrons. The van der Waals surface area contributed by atoms with Crippen molar-refractivity contribution in [2.75, 3.05) is 23.8 Å². The Morgan fingerprint density at radius 2 is 1.91 bits per heavy atom. The van der Waals surface area contributed by atoms with Crippen LogP contribution in [0.4, 0.5) is 17.3 Å². The fraction of sp³-hybridized carbons (Fsp3) is 0.217. The van der Waals surface area contributed by atoms with E-state index in [4.69, 9.17) is 11.6 Å². The molecule has 2 aromatic heterocycles. The van der Waals surface area contributed by atoms with E-state index in [2.05, 4.69) is 20.6 Å². The second-order valence-corrected chi connectivity index (χ2v) is 9.28. The maximum Gasteiger partial charge on any atom is 0.279 e. The fourth-order valence-corrected chi connectivity index (χ4v) is 4.29. The maximum atomic E-state index is 13.3. The summed E-state index contributed by atoms with van der Waals surface area (Å²) >= 11 is 7.55. The van der Waals surface area contributed by atoms with E-state index in [1.165, 1.54) is 10.8 Å². The molecule has 0 unspecified atom stereocenters. The van der Waals surface area contributed by atoms with Crippen molar-refractivity contribution in [1.29, 1.82) is 0 Å². The molecule has 0 fully saturated rings. The lowest BCUT2D eigenvalue weighted by atomic mass is 10.1. The van der Waals surface area contributed by atoms with Gasteiger partial charge in [-0.05, 0) is 42.8 Å². The van der Waals surface area contributed by atoms with Crippen molar-refractivity contribution < 1.29 is 15.0 Å². The first kappa shape index (κ1) is 23.8. The highest BCUT2D eigenvalue weighted by Crippen LogP contribution is 2.26. The highest BCUT2D eigenvalue weighted by molar-refractivity contribution is 7.18. The maximum absolute atomic E-state index is 13.3. The van der Waals surface area contributed by atoms with E-state index in [1.807, 2.05) is 25.1 Å². The summed E-state index contributed by atoms with van der Waals surface area (Å²) in [6.45, 7) is 1.01. The number of nitrogens with one attached hydrogen (secondary N) is 2. The molecule has 9 nitrogen and oxygen atoms in total. The van der Waals surface area contributed by atoms with Gasteiger partial charge in [0.25, 0.3) is 5.56 Å². The lowest BCUT2D eigenvalue weighted by Gasteiger charge is -2.17. The summed E-state index contributed by atoms with van der Waals surface area (Å²) in [4.78, 5) is 34.4. The Balaban J connectivity index is 1.71. The summed E-state index contributed by atoms with van der Waals surface area (Å²) < 4.78 is 2.39. The summed E-state index contributed by atoms with van der Waals surface area (Å²) in [6, 6.07) is 12.7. The molecular formula is C23H22ClN5O4S. The lowest BCUT2D eigenvalue weighted by Crippen LogP contribution is -2.33. The number of halogens is 1. The van der Waals surface area contributed by atoms with Crippen LogP contribution in [0.5, 0.6) is 0 Å². The highest BCUT2D eigenvalue weighted by atomic mass is 35.5. The predicted molar refractivity (Wildman–Crippen MR) is 133 cm³/mol. The highest BCUT2D eigenvalue weighted by Gasteiger charge is 2.20. The van der Waals surface area contributed by atoms with Gasteiger partial charge in [0.2, 0.25) is 11.9 Å². The van der Waals surface area contributed by atoms with Crippen LogP contribution in [0.2, 0.25) is 5.02 Å². The van der Waals surface area contributed by atoms with E-state index in [-0.39, 0.29) is 18.2 Å². The Kier molecular flexibility index (Phi) is 7.23. The van der Waals surface area contributed by atoms with Gasteiger partial charge in [0.05, 0.1) is 47.1 Å². The van der Waals surface area contributed by atoms with Gasteiger partial charge < -0.3 is 20.8 Å². The number of anilines is 3. The van der Waals surface area contributed by atoms with Gasteiger partial charge in [0.1, 0.15) is 5.69 Å². The first-order chi connectivity index (χ1) is 16.4. The molecule has 0 saturated heterocycles. The number of aliphatic hydroxyl groups excluding tert-OH is 2. The summed E-state index contributed by atoms with van der Waals surface area (Å²) in [6.07, 6.45) is 1.25. The summed E-state index contributed by atoms with van der Waals surface area (Å²) in [5, 5.41) is 25.7. The normalized spacial score (nSPS) is 11.2. The number of fused-ring (bicyclic) bond motifs is 1. The molecule has 1 amide bonds. The van der Waals surface area contributed by atoms with Crippen molar-refractivity contribution in [2.24, 2.45) is 5.92 Å². The van der Waals surface area contributed by atoms with Gasteiger partial charge in [-0.25, -0.2) is 9.97 Å². The average molecular weight is 500 g/mol. The number of aliphatic hydroxyl groups is 2. The van der Waals surface area contributed by atoms with Gasteiger partial charge in [-0.1, -0.05) is 23.7 Å². The lowest BCUT2D eigenvalue weighted by molar-refractivity contribution is -0.122. The average Bonchev–Trinajstić information content (AvgIpc) is 3.19. The molecule has 0 aliphatic heterocycles. The number of benzene rings is 2. The number of carbonyl (C=O) groups excluding carboxylic acids is 1. The number of hydrogen-bond acceptors (Lipinski definition) is 8. The Bertz CT molecular complexity index is 1380. The monoisotopic (exact) mass is 499 g/mol. The van der Waals surface area contributed by atoms with Crippen LogP contribution in [0.25, 0.3) is 10.2 Å². The fourth-order valence-electron chi connectivity index (χ4n) is 3.30. The van der Waals surface area contributed by atoms with E-state index in [1.54, 1.807) is 35.6 Å². The number of rotatable bonds is 8. The van der Waals surface area contributed by atoms with E-state index in [0.717, 1.165) is 26.5 Å². The molecule has 0 aliphatic carbocycles. The third-order valence-electron chi connectivity index (χ3n) is 5.12. The second kappa shape index (κ2) is 10.3. The van der Waals surface area contributed by atoms with Gasteiger partial charge in [-0.2, -0.15) is 0 Å². The molecule has 0 atom stereocenters. The van der Waals surface area contributed by atoms with Crippen molar-refractivity contribution in [3.63, 3.8) is 0 Å². The van der Waals surface area contributed by atoms with Crippen LogP contribution in [0, 0.1) is 12.8 Å². The number of carbonyl (C=O) groups is 1. The Morgan fingerprint density at radius 1 is 1.18 bits per heavy atom. The smallest absolute Gasteiger partial charge is 0.279 e. The minimum atomic E-state index is -1.04. The predicted octanol–water partition coefficient (Wildman–Crippen LogP) is 3.15. The molecule has 4 aromatic rings. The van der Waals surface area contributed by atoms with Crippen LogP contribution in [0.3, 0.4) is 0 Å². The van der Waals surface area contributed by atoms with E-state index >= 15 is 0 Å². The van der Waals surface area contributed by atoms with E-state index in [0.29, 0.717) is 5.02 Å². The van der Waals surface area contributed by atoms with Crippen molar-refractivity contribution in [1.82, 2.24) is 14.5 Å². The molecule has 4 rings (SSSR count). The molecular weight excluding hydrogens is 478 g/mol. The molecule has 2 heterocycles. The molecule has 2 aromatic carbocycles. The van der Waals surface area contributed by atoms with Gasteiger partial charge in [-0.15, -0.1) is 11.3 Å². The minimum absolute atomic E-state index is 0.0649. The Labute approximate surface area is 203 Å². The van der Waals surface area contributed by atoms with E-state index < -0.39 is 30.6 Å². The van der Waals surface area contributed by atoms with Crippen LogP contribution in [0.1, 0.15) is 10.6 Å². The van der Waals surface area contributed by atoms with Crippen LogP contribution in [-0.4, -0.2) is 43.9 Å². The van der Waals surface area contributed by atoms with Crippen LogP contribution < -0.4 is 16.2 Å². The van der Waals surface area contributed by atoms with Gasteiger partial charge >= 0.3 is 0 Å². The third kappa shape index (κ3) is 5.26. The van der Waals surface area contributed by atoms with Crippen molar-refractivity contribution in [2.45, 2.75) is 13.5 Å². The zero-order valence-corrected chi connectivity index (χ0v) is 19.7. The van der Waals surface area contributed by atoms with Crippen LogP contribution in [-0.2, 0) is 11.3 Å². The molecule has 0 aliphatic rings. The third-order valence-corrected chi connectivity index (χ3v) is 6.31. The SMILES string of the molecule is Cc1nc2ccc(Nc3ncc(NC(=O)C(CO)CO)c(=O)n3Cc3ccc(Cl)cc3)cc2s1. The molecule has 4 N–H and O–H groups in total. The zero-order valence-electron chi connectivity index (χ0n) is 18.2.